The van der Waals surface area contributed by atoms with Gasteiger partial charge in [0.15, 0.2) is 5.82 Å². The quantitative estimate of drug-likeness (QED) is 0.386. The Morgan fingerprint density at radius 1 is 1.07 bits per heavy atom. The van der Waals surface area contributed by atoms with Crippen molar-refractivity contribution in [2.24, 2.45) is 0 Å². The molecule has 0 fully saturated rings. The summed E-state index contributed by atoms with van der Waals surface area (Å²) in [5.74, 6) is 2.90. The predicted molar refractivity (Wildman–Crippen MR) is 118 cm³/mol. The zero-order valence-corrected chi connectivity index (χ0v) is 17.5. The van der Waals surface area contributed by atoms with Crippen LogP contribution in [0.4, 0.5) is 0 Å². The molecule has 3 aromatic rings. The van der Waals surface area contributed by atoms with E-state index in [4.69, 9.17) is 0 Å². The van der Waals surface area contributed by atoms with Crippen molar-refractivity contribution in [3.63, 3.8) is 0 Å². The monoisotopic (exact) mass is 412 g/mol. The Morgan fingerprint density at radius 3 is 2.61 bits per heavy atom. The first-order valence-electron chi connectivity index (χ1n) is 9.27. The van der Waals surface area contributed by atoms with Gasteiger partial charge in [-0.2, -0.15) is 11.8 Å². The number of hydrogen-bond donors (Lipinski definition) is 2. The zero-order valence-electron chi connectivity index (χ0n) is 15.9. The fourth-order valence-electron chi connectivity index (χ4n) is 2.55. The van der Waals surface area contributed by atoms with Crippen LogP contribution in [0.1, 0.15) is 18.1 Å². The summed E-state index contributed by atoms with van der Waals surface area (Å²) in [6, 6.07) is 18.6. The lowest BCUT2D eigenvalue weighted by Gasteiger charge is -2.04. The van der Waals surface area contributed by atoms with E-state index >= 15 is 0 Å². The molecule has 2 aromatic carbocycles. The number of thioether (sulfide) groups is 2. The van der Waals surface area contributed by atoms with Crippen molar-refractivity contribution in [3.8, 4) is 11.4 Å². The van der Waals surface area contributed by atoms with Crippen LogP contribution in [0.3, 0.4) is 0 Å². The standard InChI is InChI=1S/C21H24N4OS2/c1-2-16-8-10-18(11-9-16)20-23-21(25-24-20)28-15-19(26)22-12-13-27-14-17-6-4-3-5-7-17/h3-11H,2,12-15H2,1H3,(H,22,26)(H,23,24,25). The van der Waals surface area contributed by atoms with E-state index in [1.54, 1.807) is 0 Å². The van der Waals surface area contributed by atoms with Gasteiger partial charge in [0.25, 0.3) is 0 Å². The molecule has 0 unspecified atom stereocenters. The lowest BCUT2D eigenvalue weighted by Crippen LogP contribution is -2.27. The minimum Gasteiger partial charge on any atom is -0.355 e. The van der Waals surface area contributed by atoms with Gasteiger partial charge in [-0.15, -0.1) is 5.10 Å². The molecule has 0 aliphatic heterocycles. The number of nitrogens with one attached hydrogen (secondary N) is 2. The third-order valence-corrected chi connectivity index (χ3v) is 5.99. The molecule has 0 saturated carbocycles. The van der Waals surface area contributed by atoms with Gasteiger partial charge in [-0.3, -0.25) is 9.89 Å². The summed E-state index contributed by atoms with van der Waals surface area (Å²) in [6.07, 6.45) is 1.01. The van der Waals surface area contributed by atoms with Crippen LogP contribution in [0.25, 0.3) is 11.4 Å². The highest BCUT2D eigenvalue weighted by molar-refractivity contribution is 7.99. The van der Waals surface area contributed by atoms with Gasteiger partial charge in [-0.1, -0.05) is 73.3 Å². The molecule has 0 radical (unpaired) electrons. The van der Waals surface area contributed by atoms with E-state index in [-0.39, 0.29) is 5.91 Å². The molecule has 5 nitrogen and oxygen atoms in total. The van der Waals surface area contributed by atoms with E-state index in [1.807, 2.05) is 42.1 Å². The van der Waals surface area contributed by atoms with Gasteiger partial charge in [0.05, 0.1) is 5.75 Å². The third-order valence-electron chi connectivity index (χ3n) is 4.11. The first-order chi connectivity index (χ1) is 13.7. The fourth-order valence-corrected chi connectivity index (χ4v) is 3.99. The van der Waals surface area contributed by atoms with E-state index in [0.717, 1.165) is 29.3 Å². The number of aryl methyl sites for hydroxylation is 1. The minimum absolute atomic E-state index is 0.00367. The van der Waals surface area contributed by atoms with E-state index in [0.29, 0.717) is 17.5 Å². The van der Waals surface area contributed by atoms with Crippen molar-refractivity contribution in [2.75, 3.05) is 18.1 Å². The summed E-state index contributed by atoms with van der Waals surface area (Å²) in [5.41, 5.74) is 3.59. The van der Waals surface area contributed by atoms with Gasteiger partial charge in [0.1, 0.15) is 0 Å². The average molecular weight is 413 g/mol. The summed E-state index contributed by atoms with van der Waals surface area (Å²) >= 11 is 3.16. The average Bonchev–Trinajstić information content (AvgIpc) is 3.22. The number of amides is 1. The van der Waals surface area contributed by atoms with Crippen LogP contribution in [0, 0.1) is 0 Å². The van der Waals surface area contributed by atoms with Crippen molar-refractivity contribution in [3.05, 3.63) is 65.7 Å². The molecule has 1 heterocycles. The van der Waals surface area contributed by atoms with Crippen LogP contribution >= 0.6 is 23.5 Å². The van der Waals surface area contributed by atoms with Gasteiger partial charge >= 0.3 is 0 Å². The molecule has 1 amide bonds. The van der Waals surface area contributed by atoms with E-state index in [2.05, 4.69) is 51.7 Å². The van der Waals surface area contributed by atoms with Crippen molar-refractivity contribution in [1.82, 2.24) is 20.5 Å². The van der Waals surface area contributed by atoms with Gasteiger partial charge in [0, 0.05) is 23.6 Å². The summed E-state index contributed by atoms with van der Waals surface area (Å²) < 4.78 is 0. The molecule has 0 aliphatic carbocycles. The zero-order chi connectivity index (χ0) is 19.6. The molecule has 0 aliphatic rings. The first kappa shape index (κ1) is 20.5. The van der Waals surface area contributed by atoms with Gasteiger partial charge < -0.3 is 5.32 Å². The number of nitrogens with zero attached hydrogens (tertiary/aromatic N) is 2. The number of aromatic nitrogens is 3. The Labute approximate surface area is 174 Å². The molecule has 0 saturated heterocycles. The number of H-pyrrole nitrogens is 1. The highest BCUT2D eigenvalue weighted by Crippen LogP contribution is 2.19. The van der Waals surface area contributed by atoms with E-state index in [9.17, 15) is 4.79 Å². The molecular formula is C21H24N4OS2. The molecule has 1 aromatic heterocycles. The fraction of sp³-hybridized carbons (Fsp3) is 0.286. The van der Waals surface area contributed by atoms with Crippen LogP contribution in [0.5, 0.6) is 0 Å². The lowest BCUT2D eigenvalue weighted by atomic mass is 10.1. The smallest absolute Gasteiger partial charge is 0.230 e. The second-order valence-electron chi connectivity index (χ2n) is 6.19. The first-order valence-corrected chi connectivity index (χ1v) is 11.4. The number of aromatic amines is 1. The molecule has 146 valence electrons. The Morgan fingerprint density at radius 2 is 1.86 bits per heavy atom. The predicted octanol–water partition coefficient (Wildman–Crippen LogP) is 4.18. The summed E-state index contributed by atoms with van der Waals surface area (Å²) in [7, 11) is 0. The number of rotatable bonds is 10. The number of carbonyl (C=O) groups is 1. The maximum Gasteiger partial charge on any atom is 0.230 e. The molecular weight excluding hydrogens is 388 g/mol. The van der Waals surface area contributed by atoms with E-state index in [1.165, 1.54) is 22.9 Å². The van der Waals surface area contributed by atoms with E-state index < -0.39 is 0 Å². The number of benzene rings is 2. The Bertz CT molecular complexity index is 866. The Kier molecular flexibility index (Phi) is 7.99. The molecule has 28 heavy (non-hydrogen) atoms. The van der Waals surface area contributed by atoms with Gasteiger partial charge in [-0.25, -0.2) is 4.98 Å². The maximum atomic E-state index is 12.0. The summed E-state index contributed by atoms with van der Waals surface area (Å²) in [6.45, 7) is 2.80. The van der Waals surface area contributed by atoms with Crippen molar-refractivity contribution < 1.29 is 4.79 Å². The van der Waals surface area contributed by atoms with Crippen molar-refractivity contribution in [1.29, 1.82) is 0 Å². The molecule has 7 heteroatoms. The number of carbonyl (C=O) groups excluding carboxylic acids is 1. The van der Waals surface area contributed by atoms with Crippen LogP contribution in [0.2, 0.25) is 0 Å². The normalized spacial score (nSPS) is 10.8. The van der Waals surface area contributed by atoms with Crippen LogP contribution in [-0.4, -0.2) is 39.1 Å². The Balaban J connectivity index is 1.35. The topological polar surface area (TPSA) is 70.7 Å². The maximum absolute atomic E-state index is 12.0. The molecule has 0 atom stereocenters. The SMILES string of the molecule is CCc1ccc(-c2nc(SCC(=O)NCCSCc3ccccc3)n[nH]2)cc1. The van der Waals surface area contributed by atoms with Crippen LogP contribution in [0.15, 0.2) is 59.8 Å². The van der Waals surface area contributed by atoms with Gasteiger partial charge in [0.2, 0.25) is 11.1 Å². The molecule has 2 N–H and O–H groups in total. The van der Waals surface area contributed by atoms with Crippen molar-refractivity contribution in [2.45, 2.75) is 24.3 Å². The molecule has 0 spiro atoms. The lowest BCUT2D eigenvalue weighted by molar-refractivity contribution is -0.118. The van der Waals surface area contributed by atoms with Crippen LogP contribution in [-0.2, 0) is 17.0 Å². The molecule has 3 rings (SSSR count). The second kappa shape index (κ2) is 10.9. The summed E-state index contributed by atoms with van der Waals surface area (Å²) in [5, 5.41) is 10.7. The molecule has 0 bridgehead atoms. The van der Waals surface area contributed by atoms with Crippen LogP contribution < -0.4 is 5.32 Å². The summed E-state index contributed by atoms with van der Waals surface area (Å²) in [4.78, 5) is 16.5. The minimum atomic E-state index is 0.00367. The largest absolute Gasteiger partial charge is 0.355 e. The van der Waals surface area contributed by atoms with Gasteiger partial charge in [-0.05, 0) is 17.5 Å². The second-order valence-corrected chi connectivity index (χ2v) is 8.24. The van der Waals surface area contributed by atoms with Crippen molar-refractivity contribution >= 4 is 29.4 Å². The highest BCUT2D eigenvalue weighted by atomic mass is 32.2. The third kappa shape index (κ3) is 6.42. The highest BCUT2D eigenvalue weighted by Gasteiger charge is 2.09. The number of hydrogen-bond acceptors (Lipinski definition) is 5. The Hall–Kier alpha value is -2.25.